The molecule has 0 aliphatic heterocycles. The number of aliphatic carboxylic acids is 1. The number of nitrogens with one attached hydrogen (secondary N) is 2. The van der Waals surface area contributed by atoms with Gasteiger partial charge in [0.25, 0.3) is 11.8 Å². The van der Waals surface area contributed by atoms with E-state index < -0.39 is 24.0 Å². The van der Waals surface area contributed by atoms with E-state index in [1.165, 1.54) is 16.0 Å². The van der Waals surface area contributed by atoms with Crippen molar-refractivity contribution in [2.24, 2.45) is 0 Å². The number of carboxylic acid groups (broad SMARTS) is 1. The first-order valence-electron chi connectivity index (χ1n) is 10.6. The van der Waals surface area contributed by atoms with Crippen LogP contribution in [0.2, 0.25) is 5.02 Å². The predicted octanol–water partition coefficient (Wildman–Crippen LogP) is 2.41. The number of aromatic amines is 1. The van der Waals surface area contributed by atoms with Gasteiger partial charge in [0.2, 0.25) is 0 Å². The summed E-state index contributed by atoms with van der Waals surface area (Å²) >= 11 is 6.07. The molecule has 3 rings (SSSR count). The Balaban J connectivity index is 1.79. The Hall–Kier alpha value is -3.73. The van der Waals surface area contributed by atoms with E-state index >= 15 is 0 Å². The number of nitrogens with zero attached hydrogens (tertiary/aromatic N) is 3. The lowest BCUT2D eigenvalue weighted by Gasteiger charge is -2.29. The molecule has 11 heteroatoms. The van der Waals surface area contributed by atoms with Crippen molar-refractivity contribution in [3.8, 4) is 11.1 Å². The number of halogens is 1. The van der Waals surface area contributed by atoms with E-state index in [2.05, 4.69) is 15.6 Å². The number of aliphatic hydroxyl groups is 1. The Morgan fingerprint density at radius 2 is 1.77 bits per heavy atom. The highest BCUT2D eigenvalue weighted by molar-refractivity contribution is 6.30. The van der Waals surface area contributed by atoms with Crippen LogP contribution >= 0.6 is 11.6 Å². The first-order valence-corrected chi connectivity index (χ1v) is 11.0. The van der Waals surface area contributed by atoms with Gasteiger partial charge in [0.05, 0.1) is 6.54 Å². The fourth-order valence-corrected chi connectivity index (χ4v) is 3.44. The first-order chi connectivity index (χ1) is 16.5. The van der Waals surface area contributed by atoms with E-state index in [0.29, 0.717) is 5.02 Å². The van der Waals surface area contributed by atoms with Crippen LogP contribution in [0.25, 0.3) is 11.1 Å². The highest BCUT2D eigenvalue weighted by Crippen LogP contribution is 2.23. The van der Waals surface area contributed by atoms with Crippen LogP contribution in [0.4, 0.5) is 0 Å². The minimum absolute atomic E-state index is 0.0635. The molecule has 0 saturated heterocycles. The second-order valence-electron chi connectivity index (χ2n) is 8.45. The number of H-pyrrole nitrogens is 1. The Morgan fingerprint density at radius 1 is 1.09 bits per heavy atom. The fraction of sp³-hybridized carbons (Fsp3) is 0.250. The van der Waals surface area contributed by atoms with Crippen molar-refractivity contribution < 1.29 is 24.6 Å². The zero-order chi connectivity index (χ0) is 25.8. The molecule has 1 aromatic heterocycles. The summed E-state index contributed by atoms with van der Waals surface area (Å²) in [5.74, 6) is -2.47. The van der Waals surface area contributed by atoms with Gasteiger partial charge >= 0.3 is 5.97 Å². The smallest absolute Gasteiger partial charge is 0.336 e. The number of carbonyl (C=O) groups excluding carboxylic acids is 2. The molecule has 1 heterocycles. The summed E-state index contributed by atoms with van der Waals surface area (Å²) in [6.07, 6.45) is 0. The van der Waals surface area contributed by atoms with Crippen molar-refractivity contribution in [2.75, 3.05) is 20.6 Å². The zero-order valence-corrected chi connectivity index (χ0v) is 20.2. The first kappa shape index (κ1) is 25.9. The zero-order valence-electron chi connectivity index (χ0n) is 19.4. The molecule has 0 fully saturated rings. The molecular formula is C24H26ClN5O5. The van der Waals surface area contributed by atoms with Crippen LogP contribution in [0, 0.1) is 0 Å². The maximum atomic E-state index is 12.8. The van der Waals surface area contributed by atoms with Crippen LogP contribution in [0.15, 0.2) is 54.6 Å². The lowest BCUT2D eigenvalue weighted by Crippen LogP contribution is -2.52. The summed E-state index contributed by atoms with van der Waals surface area (Å²) in [6, 6.07) is 16.1. The van der Waals surface area contributed by atoms with Gasteiger partial charge in [-0.25, -0.2) is 9.80 Å². The van der Waals surface area contributed by atoms with Crippen molar-refractivity contribution >= 4 is 29.4 Å². The van der Waals surface area contributed by atoms with Crippen LogP contribution in [0.1, 0.15) is 33.5 Å². The van der Waals surface area contributed by atoms with Gasteiger partial charge in [-0.1, -0.05) is 48.0 Å². The maximum Gasteiger partial charge on any atom is 0.336 e. The summed E-state index contributed by atoms with van der Waals surface area (Å²) in [7, 11) is 3.13. The van der Waals surface area contributed by atoms with Crippen molar-refractivity contribution in [3.05, 3.63) is 76.6 Å². The lowest BCUT2D eigenvalue weighted by molar-refractivity contribution is -0.159. The Labute approximate surface area is 207 Å². The van der Waals surface area contributed by atoms with E-state index in [4.69, 9.17) is 11.6 Å². The molecule has 184 valence electrons. The number of hydrazine groups is 1. The number of hydrogen-bond donors (Lipinski definition) is 4. The SMILES string of the molecule is CN(C)C(=O)c1cc(C(=O)NN(Cc2ccc(-c3cccc(Cl)c3)cc2)CC(C)(O)C(=O)O)n[nH]1. The van der Waals surface area contributed by atoms with E-state index in [9.17, 15) is 24.6 Å². The predicted molar refractivity (Wildman–Crippen MR) is 130 cm³/mol. The highest BCUT2D eigenvalue weighted by atomic mass is 35.5. The van der Waals surface area contributed by atoms with E-state index in [1.807, 2.05) is 42.5 Å². The quantitative estimate of drug-likeness (QED) is 0.331. The number of amides is 2. The molecule has 0 aliphatic carbocycles. The average molecular weight is 500 g/mol. The molecule has 0 aliphatic rings. The summed E-state index contributed by atoms with van der Waals surface area (Å²) in [4.78, 5) is 37.6. The maximum absolute atomic E-state index is 12.8. The van der Waals surface area contributed by atoms with Crippen LogP contribution in [-0.2, 0) is 11.3 Å². The average Bonchev–Trinajstić information content (AvgIpc) is 3.29. The largest absolute Gasteiger partial charge is 0.479 e. The summed E-state index contributed by atoms with van der Waals surface area (Å²) in [5, 5.41) is 27.9. The number of rotatable bonds is 9. The molecule has 4 N–H and O–H groups in total. The second-order valence-corrected chi connectivity index (χ2v) is 8.89. The second kappa shape index (κ2) is 10.7. The van der Waals surface area contributed by atoms with Gasteiger partial charge in [0.1, 0.15) is 5.69 Å². The molecule has 10 nitrogen and oxygen atoms in total. The van der Waals surface area contributed by atoms with E-state index in [1.54, 1.807) is 20.2 Å². The van der Waals surface area contributed by atoms with Crippen molar-refractivity contribution in [3.63, 3.8) is 0 Å². The van der Waals surface area contributed by atoms with Crippen LogP contribution in [0.5, 0.6) is 0 Å². The van der Waals surface area contributed by atoms with Gasteiger partial charge in [-0.2, -0.15) is 5.10 Å². The van der Waals surface area contributed by atoms with Crippen LogP contribution < -0.4 is 5.43 Å². The van der Waals surface area contributed by atoms with Crippen molar-refractivity contribution in [1.29, 1.82) is 0 Å². The van der Waals surface area contributed by atoms with E-state index in [0.717, 1.165) is 23.6 Å². The normalized spacial score (nSPS) is 12.7. The van der Waals surface area contributed by atoms with Gasteiger partial charge in [0, 0.05) is 31.7 Å². The number of carboxylic acids is 1. The molecule has 2 aromatic carbocycles. The van der Waals surface area contributed by atoms with E-state index in [-0.39, 0.29) is 23.8 Å². The third-order valence-corrected chi connectivity index (χ3v) is 5.39. The van der Waals surface area contributed by atoms with Crippen LogP contribution in [-0.4, -0.2) is 74.3 Å². The third-order valence-electron chi connectivity index (χ3n) is 5.15. The molecule has 1 atom stereocenters. The molecule has 1 unspecified atom stereocenters. The lowest BCUT2D eigenvalue weighted by atomic mass is 10.0. The molecule has 35 heavy (non-hydrogen) atoms. The third kappa shape index (κ3) is 6.66. The van der Waals surface area contributed by atoms with Gasteiger partial charge < -0.3 is 15.1 Å². The number of aromatic nitrogens is 2. The molecule has 3 aromatic rings. The van der Waals surface area contributed by atoms with Crippen molar-refractivity contribution in [2.45, 2.75) is 19.1 Å². The van der Waals surface area contributed by atoms with Gasteiger partial charge in [0.15, 0.2) is 11.3 Å². The number of hydrogen-bond acceptors (Lipinski definition) is 6. The Kier molecular flexibility index (Phi) is 7.90. The van der Waals surface area contributed by atoms with Crippen LogP contribution in [0.3, 0.4) is 0 Å². The summed E-state index contributed by atoms with van der Waals surface area (Å²) in [5.41, 5.74) is 3.12. The minimum atomic E-state index is -2.13. The van der Waals surface area contributed by atoms with Gasteiger partial charge in [-0.15, -0.1) is 0 Å². The minimum Gasteiger partial charge on any atom is -0.479 e. The number of benzene rings is 2. The highest BCUT2D eigenvalue weighted by Gasteiger charge is 2.33. The van der Waals surface area contributed by atoms with Gasteiger partial charge in [-0.3, -0.25) is 20.1 Å². The molecular weight excluding hydrogens is 474 g/mol. The summed E-state index contributed by atoms with van der Waals surface area (Å²) < 4.78 is 0. The fourth-order valence-electron chi connectivity index (χ4n) is 3.25. The van der Waals surface area contributed by atoms with Crippen molar-refractivity contribution in [1.82, 2.24) is 25.5 Å². The molecule has 0 bridgehead atoms. The Bertz CT molecular complexity index is 1220. The monoisotopic (exact) mass is 499 g/mol. The molecule has 2 amide bonds. The molecule has 0 saturated carbocycles. The molecule has 0 radical (unpaired) electrons. The van der Waals surface area contributed by atoms with Gasteiger partial charge in [-0.05, 0) is 35.7 Å². The molecule has 0 spiro atoms. The topological polar surface area (TPSA) is 139 Å². The standard InChI is InChI=1S/C24H26ClN5O5/c1-24(35,23(33)34)14-30(28-21(31)19-12-20(27-26-19)22(32)29(2)3)13-15-7-9-16(10-8-15)17-5-4-6-18(25)11-17/h4-12,35H,13-14H2,1-3H3,(H,26,27)(H,28,31)(H,33,34). The summed E-state index contributed by atoms with van der Waals surface area (Å²) in [6.45, 7) is 0.829. The Morgan fingerprint density at radius 3 is 2.37 bits per heavy atom. The number of carbonyl (C=O) groups is 3.